The van der Waals surface area contributed by atoms with Gasteiger partial charge in [-0.25, -0.2) is 4.68 Å². The number of benzene rings is 1. The highest BCUT2D eigenvalue weighted by atomic mass is 79.9. The van der Waals surface area contributed by atoms with Crippen LogP contribution in [0.25, 0.3) is 5.69 Å². The fourth-order valence-electron chi connectivity index (χ4n) is 1.79. The molecule has 0 spiro atoms. The number of aromatic nitrogens is 2. The Bertz CT molecular complexity index is 631. The van der Waals surface area contributed by atoms with Crippen molar-refractivity contribution in [2.45, 2.75) is 20.8 Å². The largest absolute Gasteiger partial charge is 0.389 e. The summed E-state index contributed by atoms with van der Waals surface area (Å²) < 4.78 is 2.86. The highest BCUT2D eigenvalue weighted by molar-refractivity contribution is 9.10. The summed E-state index contributed by atoms with van der Waals surface area (Å²) in [7, 11) is 0. The first-order valence-electron chi connectivity index (χ1n) is 5.54. The summed E-state index contributed by atoms with van der Waals surface area (Å²) in [5, 5.41) is 4.54. The maximum absolute atomic E-state index is 5.62. The predicted molar refractivity (Wildman–Crippen MR) is 81.4 cm³/mol. The van der Waals surface area contributed by atoms with Crippen LogP contribution in [0.1, 0.15) is 22.5 Å². The number of nitrogens with zero attached hydrogens (tertiary/aromatic N) is 2. The van der Waals surface area contributed by atoms with Crippen LogP contribution in [0.4, 0.5) is 0 Å². The summed E-state index contributed by atoms with van der Waals surface area (Å²) in [5.74, 6) is 0. The first-order chi connectivity index (χ1) is 8.41. The molecule has 0 bridgehead atoms. The quantitative estimate of drug-likeness (QED) is 0.863. The molecule has 0 aliphatic rings. The molecule has 2 N–H and O–H groups in total. The van der Waals surface area contributed by atoms with Gasteiger partial charge in [0.25, 0.3) is 0 Å². The van der Waals surface area contributed by atoms with Gasteiger partial charge in [-0.15, -0.1) is 0 Å². The van der Waals surface area contributed by atoms with Crippen LogP contribution in [-0.4, -0.2) is 14.8 Å². The van der Waals surface area contributed by atoms with Crippen LogP contribution in [0.15, 0.2) is 22.7 Å². The van der Waals surface area contributed by atoms with E-state index in [0.717, 1.165) is 27.1 Å². The fraction of sp³-hybridized carbons (Fsp3) is 0.231. The standard InChI is InChI=1S/C13H14BrN3S/c1-7-8(2)16-17(9(7)3)12-5-4-10(13(15)18)6-11(12)14/h4-6H,1-3H3,(H2,15,18). The number of hydrogen-bond acceptors (Lipinski definition) is 2. The summed E-state index contributed by atoms with van der Waals surface area (Å²) in [6, 6.07) is 5.80. The molecule has 0 unspecified atom stereocenters. The first kappa shape index (κ1) is 13.2. The van der Waals surface area contributed by atoms with Crippen LogP contribution in [0.2, 0.25) is 0 Å². The number of aryl methyl sites for hydroxylation is 1. The second-order valence-electron chi connectivity index (χ2n) is 4.24. The molecule has 0 aliphatic carbocycles. The van der Waals surface area contributed by atoms with Crippen molar-refractivity contribution in [2.24, 2.45) is 5.73 Å². The Morgan fingerprint density at radius 3 is 2.44 bits per heavy atom. The summed E-state index contributed by atoms with van der Waals surface area (Å²) in [6.45, 7) is 6.14. The molecule has 1 aromatic carbocycles. The van der Waals surface area contributed by atoms with E-state index in [1.165, 1.54) is 5.56 Å². The molecule has 0 fully saturated rings. The van der Waals surface area contributed by atoms with Crippen molar-refractivity contribution in [2.75, 3.05) is 0 Å². The van der Waals surface area contributed by atoms with Gasteiger partial charge in [-0.05, 0) is 60.5 Å². The Hall–Kier alpha value is -1.20. The molecule has 94 valence electrons. The molecular weight excluding hydrogens is 310 g/mol. The van der Waals surface area contributed by atoms with Crippen LogP contribution < -0.4 is 5.73 Å². The third-order valence-corrected chi connectivity index (χ3v) is 3.98. The zero-order valence-electron chi connectivity index (χ0n) is 10.5. The van der Waals surface area contributed by atoms with E-state index in [-0.39, 0.29) is 0 Å². The van der Waals surface area contributed by atoms with Crippen LogP contribution in [0, 0.1) is 20.8 Å². The number of thiocarbonyl (C=S) groups is 1. The van der Waals surface area contributed by atoms with Crippen molar-refractivity contribution in [3.05, 3.63) is 45.2 Å². The van der Waals surface area contributed by atoms with E-state index in [0.29, 0.717) is 4.99 Å². The minimum absolute atomic E-state index is 0.395. The van der Waals surface area contributed by atoms with Crippen molar-refractivity contribution in [3.8, 4) is 5.69 Å². The highest BCUT2D eigenvalue weighted by Gasteiger charge is 2.12. The van der Waals surface area contributed by atoms with Gasteiger partial charge >= 0.3 is 0 Å². The van der Waals surface area contributed by atoms with Crippen LogP contribution in [0.3, 0.4) is 0 Å². The number of halogens is 1. The third-order valence-electron chi connectivity index (χ3n) is 3.11. The minimum Gasteiger partial charge on any atom is -0.389 e. The highest BCUT2D eigenvalue weighted by Crippen LogP contribution is 2.25. The van der Waals surface area contributed by atoms with Gasteiger partial charge < -0.3 is 5.73 Å². The maximum Gasteiger partial charge on any atom is 0.104 e. The SMILES string of the molecule is Cc1nn(-c2ccc(C(N)=S)cc2Br)c(C)c1C. The molecule has 0 amide bonds. The van der Waals surface area contributed by atoms with E-state index in [2.05, 4.69) is 34.9 Å². The van der Waals surface area contributed by atoms with E-state index < -0.39 is 0 Å². The average Bonchev–Trinajstić information content (AvgIpc) is 2.57. The lowest BCUT2D eigenvalue weighted by molar-refractivity contribution is 0.829. The van der Waals surface area contributed by atoms with Crippen molar-refractivity contribution in [1.29, 1.82) is 0 Å². The predicted octanol–water partition coefficient (Wildman–Crippen LogP) is 3.19. The molecule has 1 heterocycles. The minimum atomic E-state index is 0.395. The van der Waals surface area contributed by atoms with Crippen molar-refractivity contribution in [1.82, 2.24) is 9.78 Å². The molecule has 18 heavy (non-hydrogen) atoms. The molecule has 5 heteroatoms. The molecule has 3 nitrogen and oxygen atoms in total. The fourth-order valence-corrected chi connectivity index (χ4v) is 2.46. The van der Waals surface area contributed by atoms with Crippen molar-refractivity contribution < 1.29 is 0 Å². The molecule has 0 saturated carbocycles. The molecule has 2 aromatic rings. The smallest absolute Gasteiger partial charge is 0.104 e. The zero-order chi connectivity index (χ0) is 13.4. The van der Waals surface area contributed by atoms with Crippen LogP contribution in [0.5, 0.6) is 0 Å². The van der Waals surface area contributed by atoms with Gasteiger partial charge in [-0.1, -0.05) is 12.2 Å². The molecule has 2 rings (SSSR count). The summed E-state index contributed by atoms with van der Waals surface area (Å²) in [6.07, 6.45) is 0. The Morgan fingerprint density at radius 1 is 1.33 bits per heavy atom. The second-order valence-corrected chi connectivity index (χ2v) is 5.53. The number of nitrogens with two attached hydrogens (primary N) is 1. The van der Waals surface area contributed by atoms with Gasteiger partial charge in [-0.2, -0.15) is 5.10 Å². The van der Waals surface area contributed by atoms with E-state index in [1.54, 1.807) is 0 Å². The van der Waals surface area contributed by atoms with Crippen molar-refractivity contribution >= 4 is 33.1 Å². The molecule has 0 atom stereocenters. The van der Waals surface area contributed by atoms with E-state index >= 15 is 0 Å². The molecule has 1 aromatic heterocycles. The zero-order valence-corrected chi connectivity index (χ0v) is 12.9. The molecular formula is C13H14BrN3S. The van der Waals surface area contributed by atoms with Gasteiger partial charge in [0.1, 0.15) is 4.99 Å². The Labute approximate surface area is 120 Å². The monoisotopic (exact) mass is 323 g/mol. The van der Waals surface area contributed by atoms with E-state index in [4.69, 9.17) is 18.0 Å². The lowest BCUT2D eigenvalue weighted by Gasteiger charge is -2.09. The second kappa shape index (κ2) is 4.82. The Morgan fingerprint density at radius 2 is 2.00 bits per heavy atom. The molecule has 0 saturated heterocycles. The normalized spacial score (nSPS) is 10.7. The molecule has 0 radical (unpaired) electrons. The van der Waals surface area contributed by atoms with Gasteiger partial charge in [0, 0.05) is 15.7 Å². The van der Waals surface area contributed by atoms with Crippen LogP contribution >= 0.6 is 28.1 Å². The Kier molecular flexibility index (Phi) is 3.54. The average molecular weight is 324 g/mol. The number of hydrogen-bond donors (Lipinski definition) is 1. The summed E-state index contributed by atoms with van der Waals surface area (Å²) in [5.41, 5.74) is 10.8. The van der Waals surface area contributed by atoms with Gasteiger partial charge in [0.15, 0.2) is 0 Å². The summed E-state index contributed by atoms with van der Waals surface area (Å²) in [4.78, 5) is 0.395. The van der Waals surface area contributed by atoms with Gasteiger partial charge in [0.2, 0.25) is 0 Å². The van der Waals surface area contributed by atoms with Gasteiger partial charge in [-0.3, -0.25) is 0 Å². The number of rotatable bonds is 2. The molecule has 0 aliphatic heterocycles. The van der Waals surface area contributed by atoms with E-state index in [1.807, 2.05) is 29.8 Å². The Balaban J connectivity index is 2.58. The van der Waals surface area contributed by atoms with E-state index in [9.17, 15) is 0 Å². The first-order valence-corrected chi connectivity index (χ1v) is 6.74. The van der Waals surface area contributed by atoms with Crippen LogP contribution in [-0.2, 0) is 0 Å². The summed E-state index contributed by atoms with van der Waals surface area (Å²) >= 11 is 8.51. The van der Waals surface area contributed by atoms with Crippen molar-refractivity contribution in [3.63, 3.8) is 0 Å². The topological polar surface area (TPSA) is 43.8 Å². The lowest BCUT2D eigenvalue weighted by atomic mass is 10.2. The van der Waals surface area contributed by atoms with Gasteiger partial charge in [0.05, 0.1) is 11.4 Å². The maximum atomic E-state index is 5.62. The lowest BCUT2D eigenvalue weighted by Crippen LogP contribution is -2.10. The third kappa shape index (κ3) is 2.20.